The highest BCUT2D eigenvalue weighted by atomic mass is 16.5. The van der Waals surface area contributed by atoms with Crippen LogP contribution in [0, 0.1) is 11.3 Å². The molecule has 1 aromatic rings. The fraction of sp³-hybridized carbons (Fsp3) is 0.652. The molecule has 152 valence electrons. The predicted molar refractivity (Wildman–Crippen MR) is 108 cm³/mol. The molecule has 1 aliphatic carbocycles. The Kier molecular flexibility index (Phi) is 5.61. The van der Waals surface area contributed by atoms with Crippen molar-refractivity contribution in [3.63, 3.8) is 0 Å². The zero-order chi connectivity index (χ0) is 19.6. The quantitative estimate of drug-likeness (QED) is 0.756. The summed E-state index contributed by atoms with van der Waals surface area (Å²) in [6, 6.07) is 7.76. The number of rotatable bonds is 6. The number of carbonyl (C=O) groups excluding carboxylic acids is 2. The van der Waals surface area contributed by atoms with E-state index < -0.39 is 0 Å². The van der Waals surface area contributed by atoms with E-state index in [0.717, 1.165) is 56.8 Å². The van der Waals surface area contributed by atoms with Gasteiger partial charge in [-0.15, -0.1) is 0 Å². The molecule has 3 aliphatic rings. The van der Waals surface area contributed by atoms with Crippen LogP contribution in [0.3, 0.4) is 0 Å². The van der Waals surface area contributed by atoms with Crippen LogP contribution in [-0.2, 0) is 16.0 Å². The van der Waals surface area contributed by atoms with Crippen LogP contribution in [0.4, 0.5) is 0 Å². The van der Waals surface area contributed by atoms with Crippen molar-refractivity contribution in [3.8, 4) is 5.75 Å². The van der Waals surface area contributed by atoms with Crippen molar-refractivity contribution in [2.75, 3.05) is 33.3 Å². The van der Waals surface area contributed by atoms with E-state index in [9.17, 15) is 9.59 Å². The van der Waals surface area contributed by atoms with E-state index in [1.807, 2.05) is 29.2 Å². The lowest BCUT2D eigenvalue weighted by atomic mass is 9.62. The third-order valence-corrected chi connectivity index (χ3v) is 7.19. The standard InChI is InChI=1S/C23H32N2O3/c1-28-20-8-5-18(6-9-20)15-22(27)25-16-19(23(17-25)11-4-12-23)7-10-21(26)24-13-2-3-14-24/h5-6,8-9,19H,2-4,7,10-17H2,1H3. The molecule has 5 heteroatoms. The zero-order valence-electron chi connectivity index (χ0n) is 17.0. The molecule has 1 aromatic carbocycles. The van der Waals surface area contributed by atoms with E-state index in [-0.39, 0.29) is 11.3 Å². The van der Waals surface area contributed by atoms with Crippen molar-refractivity contribution < 1.29 is 14.3 Å². The predicted octanol–water partition coefficient (Wildman–Crippen LogP) is 3.27. The van der Waals surface area contributed by atoms with E-state index in [0.29, 0.717) is 24.7 Å². The second kappa shape index (κ2) is 8.14. The summed E-state index contributed by atoms with van der Waals surface area (Å²) >= 11 is 0. The highest BCUT2D eigenvalue weighted by Gasteiger charge is 2.50. The average Bonchev–Trinajstić information content (AvgIpc) is 3.34. The molecule has 0 N–H and O–H groups in total. The van der Waals surface area contributed by atoms with Crippen LogP contribution in [-0.4, -0.2) is 54.9 Å². The van der Waals surface area contributed by atoms with Gasteiger partial charge in [-0.1, -0.05) is 18.6 Å². The molecule has 1 unspecified atom stereocenters. The minimum absolute atomic E-state index is 0.213. The molecule has 2 aliphatic heterocycles. The third kappa shape index (κ3) is 3.89. The van der Waals surface area contributed by atoms with Gasteiger partial charge >= 0.3 is 0 Å². The van der Waals surface area contributed by atoms with Crippen LogP contribution < -0.4 is 4.74 Å². The summed E-state index contributed by atoms with van der Waals surface area (Å²) in [5.41, 5.74) is 1.31. The van der Waals surface area contributed by atoms with Crippen LogP contribution in [0.2, 0.25) is 0 Å². The molecule has 2 amide bonds. The van der Waals surface area contributed by atoms with Crippen LogP contribution in [0.25, 0.3) is 0 Å². The molecular weight excluding hydrogens is 352 g/mol. The Bertz CT molecular complexity index is 705. The Labute approximate surface area is 168 Å². The number of amides is 2. The van der Waals surface area contributed by atoms with E-state index in [4.69, 9.17) is 4.74 Å². The van der Waals surface area contributed by atoms with Gasteiger partial charge in [-0.2, -0.15) is 0 Å². The van der Waals surface area contributed by atoms with Crippen molar-refractivity contribution in [1.82, 2.24) is 9.80 Å². The third-order valence-electron chi connectivity index (χ3n) is 7.19. The van der Waals surface area contributed by atoms with Crippen molar-refractivity contribution in [3.05, 3.63) is 29.8 Å². The summed E-state index contributed by atoms with van der Waals surface area (Å²) < 4.78 is 5.19. The van der Waals surface area contributed by atoms with Gasteiger partial charge in [-0.3, -0.25) is 9.59 Å². The largest absolute Gasteiger partial charge is 0.497 e. The summed E-state index contributed by atoms with van der Waals surface area (Å²) in [4.78, 5) is 29.5. The Morgan fingerprint density at radius 1 is 1.04 bits per heavy atom. The fourth-order valence-corrected chi connectivity index (χ4v) is 5.27. The van der Waals surface area contributed by atoms with E-state index in [1.165, 1.54) is 19.3 Å². The molecule has 4 rings (SSSR count). The van der Waals surface area contributed by atoms with E-state index in [2.05, 4.69) is 4.90 Å². The molecule has 28 heavy (non-hydrogen) atoms. The maximum absolute atomic E-state index is 12.9. The minimum atomic E-state index is 0.213. The number of hydrogen-bond donors (Lipinski definition) is 0. The smallest absolute Gasteiger partial charge is 0.227 e. The van der Waals surface area contributed by atoms with Crippen LogP contribution in [0.5, 0.6) is 5.75 Å². The molecule has 2 heterocycles. The summed E-state index contributed by atoms with van der Waals surface area (Å²) in [5.74, 6) is 1.82. The highest BCUT2D eigenvalue weighted by Crippen LogP contribution is 2.53. The van der Waals surface area contributed by atoms with Gasteiger partial charge in [0.05, 0.1) is 13.5 Å². The number of carbonyl (C=O) groups is 2. The monoisotopic (exact) mass is 384 g/mol. The number of hydrogen-bond acceptors (Lipinski definition) is 3. The highest BCUT2D eigenvalue weighted by molar-refractivity contribution is 5.79. The number of benzene rings is 1. The van der Waals surface area contributed by atoms with Crippen molar-refractivity contribution in [2.24, 2.45) is 11.3 Å². The summed E-state index contributed by atoms with van der Waals surface area (Å²) in [7, 11) is 1.65. The SMILES string of the molecule is COc1ccc(CC(=O)N2CC(CCC(=O)N3CCCC3)C3(CCC3)C2)cc1. The Hall–Kier alpha value is -2.04. The summed E-state index contributed by atoms with van der Waals surface area (Å²) in [6.45, 7) is 3.56. The Balaban J connectivity index is 1.34. The summed E-state index contributed by atoms with van der Waals surface area (Å²) in [6.07, 6.45) is 7.99. The number of nitrogens with zero attached hydrogens (tertiary/aromatic N) is 2. The average molecular weight is 385 g/mol. The van der Waals surface area contributed by atoms with Gasteiger partial charge in [-0.25, -0.2) is 0 Å². The lowest BCUT2D eigenvalue weighted by Gasteiger charge is -2.43. The van der Waals surface area contributed by atoms with Crippen LogP contribution in [0.15, 0.2) is 24.3 Å². The minimum Gasteiger partial charge on any atom is -0.497 e. The number of ether oxygens (including phenoxy) is 1. The first-order chi connectivity index (χ1) is 13.6. The van der Waals surface area contributed by atoms with Gasteiger partial charge in [0.25, 0.3) is 0 Å². The topological polar surface area (TPSA) is 49.9 Å². The zero-order valence-corrected chi connectivity index (χ0v) is 17.0. The van der Waals surface area contributed by atoms with E-state index in [1.54, 1.807) is 7.11 Å². The Morgan fingerprint density at radius 2 is 1.75 bits per heavy atom. The van der Waals surface area contributed by atoms with Crippen molar-refractivity contribution >= 4 is 11.8 Å². The lowest BCUT2D eigenvalue weighted by molar-refractivity contribution is -0.131. The second-order valence-corrected chi connectivity index (χ2v) is 8.84. The molecule has 3 fully saturated rings. The molecule has 1 spiro atoms. The molecule has 1 atom stereocenters. The lowest BCUT2D eigenvalue weighted by Crippen LogP contribution is -2.39. The van der Waals surface area contributed by atoms with Gasteiger partial charge in [0, 0.05) is 32.6 Å². The molecule has 5 nitrogen and oxygen atoms in total. The molecule has 2 saturated heterocycles. The second-order valence-electron chi connectivity index (χ2n) is 8.84. The Morgan fingerprint density at radius 3 is 2.36 bits per heavy atom. The van der Waals surface area contributed by atoms with Crippen molar-refractivity contribution in [1.29, 1.82) is 0 Å². The first kappa shape index (κ1) is 19.3. The fourth-order valence-electron chi connectivity index (χ4n) is 5.27. The molecule has 0 aromatic heterocycles. The molecule has 0 bridgehead atoms. The van der Waals surface area contributed by atoms with Gasteiger partial charge < -0.3 is 14.5 Å². The van der Waals surface area contributed by atoms with Crippen LogP contribution in [0.1, 0.15) is 50.5 Å². The molecule has 1 saturated carbocycles. The molecule has 0 radical (unpaired) electrons. The van der Waals surface area contributed by atoms with Gasteiger partial charge in [0.2, 0.25) is 11.8 Å². The first-order valence-corrected chi connectivity index (χ1v) is 10.8. The number of likely N-dealkylation sites (tertiary alicyclic amines) is 2. The van der Waals surface area contributed by atoms with Crippen molar-refractivity contribution in [2.45, 2.75) is 51.4 Å². The van der Waals surface area contributed by atoms with E-state index >= 15 is 0 Å². The maximum Gasteiger partial charge on any atom is 0.227 e. The normalized spacial score (nSPS) is 23.1. The number of methoxy groups -OCH3 is 1. The molecular formula is C23H32N2O3. The van der Waals surface area contributed by atoms with Gasteiger partial charge in [0.1, 0.15) is 5.75 Å². The maximum atomic E-state index is 12.9. The van der Waals surface area contributed by atoms with Crippen LogP contribution >= 0.6 is 0 Å². The van der Waals surface area contributed by atoms with Gasteiger partial charge in [-0.05, 0) is 61.1 Å². The summed E-state index contributed by atoms with van der Waals surface area (Å²) in [5, 5.41) is 0. The van der Waals surface area contributed by atoms with Gasteiger partial charge in [0.15, 0.2) is 0 Å². The first-order valence-electron chi connectivity index (χ1n) is 10.8.